The number of rotatable bonds is 5. The summed E-state index contributed by atoms with van der Waals surface area (Å²) in [5.74, 6) is 1.31. The maximum atomic E-state index is 9.01. The largest absolute Gasteiger partial charge is 0.354 e. The van der Waals surface area contributed by atoms with E-state index in [9.17, 15) is 0 Å². The highest BCUT2D eigenvalue weighted by Crippen LogP contribution is 2.18. The average Bonchev–Trinajstić information content (AvgIpc) is 3.12. The minimum Gasteiger partial charge on any atom is -0.354 e. The van der Waals surface area contributed by atoms with Gasteiger partial charge < -0.3 is 5.32 Å². The third kappa shape index (κ3) is 3.23. The van der Waals surface area contributed by atoms with Crippen molar-refractivity contribution in [2.24, 2.45) is 0 Å². The molecule has 1 N–H and O–H groups in total. The first-order valence-corrected chi connectivity index (χ1v) is 8.32. The molecule has 0 atom stereocenters. The number of nitrogens with zero attached hydrogens (tertiary/aromatic N) is 5. The van der Waals surface area contributed by atoms with E-state index in [4.69, 9.17) is 5.26 Å². The number of anilines is 1. The number of aromatic nitrogens is 4. The van der Waals surface area contributed by atoms with Gasteiger partial charge in [-0.1, -0.05) is 30.3 Å². The van der Waals surface area contributed by atoms with E-state index in [2.05, 4.69) is 38.5 Å². The number of hydrogen-bond acceptors (Lipinski definition) is 5. The number of nitrogens with one attached hydrogen (secondary N) is 1. The summed E-state index contributed by atoms with van der Waals surface area (Å²) in [4.78, 5) is 13.2. The third-order valence-corrected chi connectivity index (χ3v) is 4.10. The fourth-order valence-electron chi connectivity index (χ4n) is 2.80. The lowest BCUT2D eigenvalue weighted by atomic mass is 10.1. The van der Waals surface area contributed by atoms with Crippen LogP contribution in [0.1, 0.15) is 11.1 Å². The van der Waals surface area contributed by atoms with Crippen LogP contribution in [0.25, 0.3) is 16.9 Å². The predicted molar refractivity (Wildman–Crippen MR) is 100 cm³/mol. The zero-order chi connectivity index (χ0) is 17.8. The molecule has 0 radical (unpaired) electrons. The molecule has 6 heteroatoms. The van der Waals surface area contributed by atoms with E-state index in [0.29, 0.717) is 11.5 Å². The van der Waals surface area contributed by atoms with Gasteiger partial charge in [-0.15, -0.1) is 0 Å². The van der Waals surface area contributed by atoms with Gasteiger partial charge in [0.15, 0.2) is 0 Å². The second-order valence-corrected chi connectivity index (χ2v) is 5.83. The minimum absolute atomic E-state index is 0.578. The van der Waals surface area contributed by atoms with E-state index < -0.39 is 0 Å². The monoisotopic (exact) mass is 340 g/mol. The molecule has 4 aromatic rings. The van der Waals surface area contributed by atoms with Crippen LogP contribution >= 0.6 is 0 Å². The van der Waals surface area contributed by atoms with Crippen LogP contribution in [-0.2, 0) is 6.42 Å². The van der Waals surface area contributed by atoms with Gasteiger partial charge >= 0.3 is 0 Å². The summed E-state index contributed by atoms with van der Waals surface area (Å²) < 4.78 is 1.89. The molecule has 2 heterocycles. The Morgan fingerprint density at radius 2 is 1.92 bits per heavy atom. The van der Waals surface area contributed by atoms with E-state index >= 15 is 0 Å². The Kier molecular flexibility index (Phi) is 4.27. The van der Waals surface area contributed by atoms with Gasteiger partial charge in [0.25, 0.3) is 0 Å². The molecule has 4 rings (SSSR count). The maximum Gasteiger partial charge on any atom is 0.224 e. The Hall–Kier alpha value is -3.72. The fourth-order valence-corrected chi connectivity index (χ4v) is 2.80. The van der Waals surface area contributed by atoms with Crippen LogP contribution in [0.4, 0.5) is 5.95 Å². The molecule has 0 bridgehead atoms. The number of nitriles is 1. The molecule has 0 spiro atoms. The molecule has 0 aliphatic carbocycles. The van der Waals surface area contributed by atoms with Gasteiger partial charge in [0.1, 0.15) is 12.1 Å². The first-order valence-electron chi connectivity index (χ1n) is 8.32. The molecular formula is C20H16N6. The number of imidazole rings is 1. The normalized spacial score (nSPS) is 10.6. The SMILES string of the molecule is N#Cc1ccc2c(c1)ncn2-c1ccnc(NCCc2ccccc2)n1. The highest BCUT2D eigenvalue weighted by atomic mass is 15.2. The van der Waals surface area contributed by atoms with Gasteiger partial charge in [0.2, 0.25) is 5.95 Å². The van der Waals surface area contributed by atoms with Crippen molar-refractivity contribution in [2.45, 2.75) is 6.42 Å². The Balaban J connectivity index is 1.53. The van der Waals surface area contributed by atoms with Crippen LogP contribution in [-0.4, -0.2) is 26.1 Å². The van der Waals surface area contributed by atoms with E-state index in [1.54, 1.807) is 24.7 Å². The molecule has 0 aliphatic rings. The Bertz CT molecular complexity index is 1080. The van der Waals surface area contributed by atoms with Gasteiger partial charge in [-0.05, 0) is 36.2 Å². The van der Waals surface area contributed by atoms with Crippen LogP contribution in [0, 0.1) is 11.3 Å². The van der Waals surface area contributed by atoms with Crippen molar-refractivity contribution in [1.29, 1.82) is 5.26 Å². The first kappa shape index (κ1) is 15.8. The smallest absolute Gasteiger partial charge is 0.224 e. The van der Waals surface area contributed by atoms with Gasteiger partial charge in [-0.3, -0.25) is 4.57 Å². The number of hydrogen-bond donors (Lipinski definition) is 1. The summed E-state index contributed by atoms with van der Waals surface area (Å²) in [5, 5.41) is 12.3. The van der Waals surface area contributed by atoms with E-state index in [-0.39, 0.29) is 0 Å². The maximum absolute atomic E-state index is 9.01. The quantitative estimate of drug-likeness (QED) is 0.603. The van der Waals surface area contributed by atoms with Gasteiger partial charge in [0.05, 0.1) is 22.7 Å². The van der Waals surface area contributed by atoms with Gasteiger partial charge in [-0.25, -0.2) is 9.97 Å². The van der Waals surface area contributed by atoms with Crippen molar-refractivity contribution in [3.63, 3.8) is 0 Å². The third-order valence-electron chi connectivity index (χ3n) is 4.10. The lowest BCUT2D eigenvalue weighted by Gasteiger charge is -2.08. The van der Waals surface area contributed by atoms with Crippen LogP contribution in [0.15, 0.2) is 67.1 Å². The summed E-state index contributed by atoms with van der Waals surface area (Å²) in [6, 6.07) is 19.7. The van der Waals surface area contributed by atoms with Crippen LogP contribution in [0.5, 0.6) is 0 Å². The molecule has 0 fully saturated rings. The van der Waals surface area contributed by atoms with Crippen molar-refractivity contribution >= 4 is 17.0 Å². The molecule has 6 nitrogen and oxygen atoms in total. The average molecular weight is 340 g/mol. The summed E-state index contributed by atoms with van der Waals surface area (Å²) in [7, 11) is 0. The molecule has 2 aromatic carbocycles. The highest BCUT2D eigenvalue weighted by molar-refractivity contribution is 5.78. The first-order chi connectivity index (χ1) is 12.8. The van der Waals surface area contributed by atoms with Crippen molar-refractivity contribution in [1.82, 2.24) is 19.5 Å². The van der Waals surface area contributed by atoms with Gasteiger partial charge in [-0.2, -0.15) is 10.2 Å². The van der Waals surface area contributed by atoms with E-state index in [1.165, 1.54) is 5.56 Å². The molecule has 2 aromatic heterocycles. The Labute approximate surface area is 150 Å². The molecule has 0 amide bonds. The van der Waals surface area contributed by atoms with Crippen molar-refractivity contribution in [3.05, 3.63) is 78.2 Å². The Morgan fingerprint density at radius 1 is 1.04 bits per heavy atom. The molecular weight excluding hydrogens is 324 g/mol. The number of fused-ring (bicyclic) bond motifs is 1. The Morgan fingerprint density at radius 3 is 2.77 bits per heavy atom. The lowest BCUT2D eigenvalue weighted by Crippen LogP contribution is -2.09. The predicted octanol–water partition coefficient (Wildman–Crippen LogP) is 3.34. The molecule has 26 heavy (non-hydrogen) atoms. The summed E-state index contributed by atoms with van der Waals surface area (Å²) in [5.41, 5.74) is 3.53. The summed E-state index contributed by atoms with van der Waals surface area (Å²) >= 11 is 0. The topological polar surface area (TPSA) is 79.4 Å². The molecule has 0 unspecified atom stereocenters. The van der Waals surface area contributed by atoms with E-state index in [1.807, 2.05) is 34.9 Å². The molecule has 0 saturated heterocycles. The standard InChI is InChI=1S/C20H16N6/c21-13-16-6-7-18-17(12-16)24-14-26(18)19-9-11-23-20(25-19)22-10-8-15-4-2-1-3-5-15/h1-7,9,11-12,14H,8,10H2,(H,22,23,25). The summed E-state index contributed by atoms with van der Waals surface area (Å²) in [6.45, 7) is 0.754. The summed E-state index contributed by atoms with van der Waals surface area (Å²) in [6.07, 6.45) is 4.34. The second kappa shape index (κ2) is 7.03. The van der Waals surface area contributed by atoms with E-state index in [0.717, 1.165) is 29.8 Å². The van der Waals surface area contributed by atoms with Crippen LogP contribution in [0.3, 0.4) is 0 Å². The minimum atomic E-state index is 0.578. The van der Waals surface area contributed by atoms with Crippen molar-refractivity contribution in [3.8, 4) is 11.9 Å². The van der Waals surface area contributed by atoms with Crippen molar-refractivity contribution in [2.75, 3.05) is 11.9 Å². The highest BCUT2D eigenvalue weighted by Gasteiger charge is 2.08. The second-order valence-electron chi connectivity index (χ2n) is 5.83. The lowest BCUT2D eigenvalue weighted by molar-refractivity contribution is 0.953. The van der Waals surface area contributed by atoms with Crippen LogP contribution in [0.2, 0.25) is 0 Å². The zero-order valence-corrected chi connectivity index (χ0v) is 14.0. The molecule has 126 valence electrons. The zero-order valence-electron chi connectivity index (χ0n) is 14.0. The van der Waals surface area contributed by atoms with Crippen LogP contribution < -0.4 is 5.32 Å². The molecule has 0 aliphatic heterocycles. The fraction of sp³-hybridized carbons (Fsp3) is 0.100. The van der Waals surface area contributed by atoms with Crippen molar-refractivity contribution < 1.29 is 0 Å². The number of benzene rings is 2. The van der Waals surface area contributed by atoms with Gasteiger partial charge in [0, 0.05) is 12.7 Å². The molecule has 0 saturated carbocycles.